The molecule has 7 heteroatoms. The van der Waals surface area contributed by atoms with E-state index in [-0.39, 0.29) is 5.70 Å². The summed E-state index contributed by atoms with van der Waals surface area (Å²) >= 11 is 8.10. The molecule has 0 atom stereocenters. The maximum atomic E-state index is 12.6. The van der Waals surface area contributed by atoms with Crippen molar-refractivity contribution in [2.45, 2.75) is 0 Å². The fourth-order valence-corrected chi connectivity index (χ4v) is 3.30. The van der Waals surface area contributed by atoms with Crippen LogP contribution in [0.5, 0.6) is 5.75 Å². The van der Waals surface area contributed by atoms with Gasteiger partial charge in [0.25, 0.3) is 5.91 Å². The van der Waals surface area contributed by atoms with Crippen molar-refractivity contribution in [2.24, 2.45) is 0 Å². The van der Waals surface area contributed by atoms with E-state index < -0.39 is 11.9 Å². The number of hydrogen-bond acceptors (Lipinski definition) is 3. The third-order valence-corrected chi connectivity index (χ3v) is 4.65. The molecule has 0 bridgehead atoms. The molecule has 26 heavy (non-hydrogen) atoms. The number of imide groups is 1. The van der Waals surface area contributed by atoms with Gasteiger partial charge in [-0.05, 0) is 64.6 Å². The number of nitrogens with one attached hydrogen (secondary N) is 1. The summed E-state index contributed by atoms with van der Waals surface area (Å²) in [5.74, 6) is 0.300. The molecule has 1 heterocycles. The first-order valence-corrected chi connectivity index (χ1v) is 9.11. The van der Waals surface area contributed by atoms with Crippen molar-refractivity contribution in [3.05, 3.63) is 75.0 Å². The second-order valence-corrected chi connectivity index (χ2v) is 7.00. The van der Waals surface area contributed by atoms with Crippen molar-refractivity contribution >= 4 is 57.9 Å². The molecule has 5 nitrogen and oxygen atoms in total. The Kier molecular flexibility index (Phi) is 5.63. The van der Waals surface area contributed by atoms with Crippen molar-refractivity contribution in [1.29, 1.82) is 0 Å². The molecule has 0 radical (unpaired) electrons. The molecule has 0 aromatic heterocycles. The number of ether oxygens (including phenoxy) is 1. The van der Waals surface area contributed by atoms with Crippen LogP contribution in [0.4, 0.5) is 10.5 Å². The number of benzene rings is 2. The van der Waals surface area contributed by atoms with Gasteiger partial charge in [0.2, 0.25) is 0 Å². The Morgan fingerprint density at radius 2 is 2.04 bits per heavy atom. The quantitative estimate of drug-likeness (QED) is 0.294. The molecule has 0 aliphatic carbocycles. The molecule has 0 saturated carbocycles. The lowest BCUT2D eigenvalue weighted by Gasteiger charge is -2.11. The highest BCUT2D eigenvalue weighted by atomic mass is 127. The predicted molar refractivity (Wildman–Crippen MR) is 110 cm³/mol. The van der Waals surface area contributed by atoms with Crippen molar-refractivity contribution in [3.8, 4) is 5.75 Å². The Hall–Kier alpha value is -2.32. The number of hydrogen-bond donors (Lipinski definition) is 1. The second-order valence-electron chi connectivity index (χ2n) is 5.40. The molecule has 0 spiro atoms. The van der Waals surface area contributed by atoms with Gasteiger partial charge in [-0.2, -0.15) is 0 Å². The highest BCUT2D eigenvalue weighted by molar-refractivity contribution is 14.1. The van der Waals surface area contributed by atoms with Gasteiger partial charge in [-0.3, -0.25) is 4.79 Å². The lowest BCUT2D eigenvalue weighted by atomic mass is 10.2. The number of nitrogens with zero attached hydrogens (tertiary/aromatic N) is 1. The summed E-state index contributed by atoms with van der Waals surface area (Å²) in [5.41, 5.74) is 1.40. The van der Waals surface area contributed by atoms with E-state index in [2.05, 4.69) is 34.5 Å². The van der Waals surface area contributed by atoms with Crippen LogP contribution in [-0.2, 0) is 4.79 Å². The van der Waals surface area contributed by atoms with Crippen LogP contribution in [0.2, 0.25) is 5.02 Å². The van der Waals surface area contributed by atoms with E-state index in [1.807, 2.05) is 18.2 Å². The Morgan fingerprint density at radius 3 is 2.73 bits per heavy atom. The van der Waals surface area contributed by atoms with E-state index in [0.29, 0.717) is 17.3 Å². The van der Waals surface area contributed by atoms with Crippen LogP contribution in [0.15, 0.2) is 60.8 Å². The van der Waals surface area contributed by atoms with Gasteiger partial charge in [0, 0.05) is 5.02 Å². The highest BCUT2D eigenvalue weighted by Crippen LogP contribution is 2.27. The summed E-state index contributed by atoms with van der Waals surface area (Å²) in [6.45, 7) is 4.03. The summed E-state index contributed by atoms with van der Waals surface area (Å²) in [4.78, 5) is 25.9. The fourth-order valence-electron chi connectivity index (χ4n) is 2.42. The minimum Gasteiger partial charge on any atom is -0.488 e. The molecular formula is C19H14ClIN2O3. The van der Waals surface area contributed by atoms with E-state index in [1.54, 1.807) is 36.4 Å². The minimum atomic E-state index is -0.510. The average Bonchev–Trinajstić information content (AvgIpc) is 2.88. The van der Waals surface area contributed by atoms with Crippen LogP contribution < -0.4 is 15.0 Å². The maximum absolute atomic E-state index is 12.6. The third kappa shape index (κ3) is 3.91. The first kappa shape index (κ1) is 18.5. The molecule has 1 aliphatic heterocycles. The summed E-state index contributed by atoms with van der Waals surface area (Å²) in [6, 6.07) is 11.6. The summed E-state index contributed by atoms with van der Waals surface area (Å²) in [7, 11) is 0. The molecule has 1 aliphatic rings. The Morgan fingerprint density at radius 1 is 1.23 bits per heavy atom. The Balaban J connectivity index is 1.86. The molecule has 1 N–H and O–H groups in total. The monoisotopic (exact) mass is 480 g/mol. The molecule has 3 rings (SSSR count). The Labute approximate surface area is 169 Å². The Bertz CT molecular complexity index is 927. The number of carbonyl (C=O) groups excluding carboxylic acids is 2. The first-order chi connectivity index (χ1) is 12.5. The molecule has 0 unspecified atom stereocenters. The van der Waals surface area contributed by atoms with E-state index >= 15 is 0 Å². The molecule has 1 fully saturated rings. The minimum absolute atomic E-state index is 0.200. The number of urea groups is 1. The topological polar surface area (TPSA) is 58.6 Å². The predicted octanol–water partition coefficient (Wildman–Crippen LogP) is 4.61. The normalized spacial score (nSPS) is 15.3. The number of rotatable bonds is 5. The van der Waals surface area contributed by atoms with Crippen LogP contribution in [-0.4, -0.2) is 18.5 Å². The fraction of sp³-hybridized carbons (Fsp3) is 0.0526. The third-order valence-electron chi connectivity index (χ3n) is 3.57. The van der Waals surface area contributed by atoms with Gasteiger partial charge in [0.05, 0.1) is 9.26 Å². The molecular weight excluding hydrogens is 467 g/mol. The SMILES string of the molecule is C=CCOc1ccc(/C=C2/NC(=O)N(c3cccc(Cl)c3)C2=O)cc1I. The summed E-state index contributed by atoms with van der Waals surface area (Å²) in [6.07, 6.45) is 3.30. The van der Waals surface area contributed by atoms with Crippen LogP contribution in [0, 0.1) is 3.57 Å². The number of amides is 3. The zero-order valence-corrected chi connectivity index (χ0v) is 16.5. The van der Waals surface area contributed by atoms with Gasteiger partial charge in [0.15, 0.2) is 0 Å². The van der Waals surface area contributed by atoms with Crippen molar-refractivity contribution < 1.29 is 14.3 Å². The summed E-state index contributed by atoms with van der Waals surface area (Å²) < 4.78 is 6.42. The lowest BCUT2D eigenvalue weighted by molar-refractivity contribution is -0.113. The van der Waals surface area contributed by atoms with Gasteiger partial charge < -0.3 is 10.1 Å². The summed E-state index contributed by atoms with van der Waals surface area (Å²) in [5, 5.41) is 3.05. The van der Waals surface area contributed by atoms with Gasteiger partial charge in [0.1, 0.15) is 18.1 Å². The number of halogens is 2. The molecule has 2 aromatic rings. The molecule has 1 saturated heterocycles. The van der Waals surface area contributed by atoms with Crippen LogP contribution in [0.3, 0.4) is 0 Å². The first-order valence-electron chi connectivity index (χ1n) is 7.65. The lowest BCUT2D eigenvalue weighted by Crippen LogP contribution is -2.30. The van der Waals surface area contributed by atoms with Gasteiger partial charge in [-0.25, -0.2) is 9.69 Å². The zero-order chi connectivity index (χ0) is 18.7. The van der Waals surface area contributed by atoms with Crippen LogP contribution >= 0.6 is 34.2 Å². The smallest absolute Gasteiger partial charge is 0.333 e. The molecule has 132 valence electrons. The van der Waals surface area contributed by atoms with Gasteiger partial charge in [-0.1, -0.05) is 36.4 Å². The van der Waals surface area contributed by atoms with Crippen molar-refractivity contribution in [3.63, 3.8) is 0 Å². The van der Waals surface area contributed by atoms with E-state index in [1.165, 1.54) is 0 Å². The maximum Gasteiger partial charge on any atom is 0.333 e. The van der Waals surface area contributed by atoms with Crippen molar-refractivity contribution in [1.82, 2.24) is 5.32 Å². The molecule has 2 aromatic carbocycles. The van der Waals surface area contributed by atoms with E-state index in [9.17, 15) is 9.59 Å². The second kappa shape index (κ2) is 7.92. The van der Waals surface area contributed by atoms with Gasteiger partial charge >= 0.3 is 6.03 Å². The average molecular weight is 481 g/mol. The van der Waals surface area contributed by atoms with Crippen molar-refractivity contribution in [2.75, 3.05) is 11.5 Å². The van der Waals surface area contributed by atoms with E-state index in [0.717, 1.165) is 19.8 Å². The number of carbonyl (C=O) groups is 2. The largest absolute Gasteiger partial charge is 0.488 e. The van der Waals surface area contributed by atoms with Crippen LogP contribution in [0.25, 0.3) is 6.08 Å². The zero-order valence-electron chi connectivity index (χ0n) is 13.5. The van der Waals surface area contributed by atoms with E-state index in [4.69, 9.17) is 16.3 Å². The van der Waals surface area contributed by atoms with Crippen LogP contribution in [0.1, 0.15) is 5.56 Å². The van der Waals surface area contributed by atoms with Gasteiger partial charge in [-0.15, -0.1) is 0 Å². The number of anilines is 1. The molecule has 3 amide bonds. The highest BCUT2D eigenvalue weighted by Gasteiger charge is 2.34. The standard InChI is InChI=1S/C19H14ClIN2O3/c1-2-8-26-17-7-6-12(9-15(17)21)10-16-18(24)23(19(25)22-16)14-5-3-4-13(20)11-14/h2-7,9-11H,1,8H2,(H,22,25)/b16-10+.